The Morgan fingerprint density at radius 3 is 2.35 bits per heavy atom. The minimum absolute atomic E-state index is 0.113. The van der Waals surface area contributed by atoms with Gasteiger partial charge in [0.05, 0.1) is 12.8 Å². The number of nitrogens with zero attached hydrogens (tertiary/aromatic N) is 2. The van der Waals surface area contributed by atoms with Crippen molar-refractivity contribution >= 4 is 17.5 Å². The number of amides is 2. The van der Waals surface area contributed by atoms with Gasteiger partial charge in [-0.2, -0.15) is 0 Å². The molecule has 1 heterocycles. The van der Waals surface area contributed by atoms with E-state index in [1.54, 1.807) is 25.9 Å². The maximum absolute atomic E-state index is 12.9. The first kappa shape index (κ1) is 20.1. The molecule has 0 unspecified atom stereocenters. The van der Waals surface area contributed by atoms with E-state index in [0.29, 0.717) is 25.6 Å². The molecular formula is C20H31N3O3. The monoisotopic (exact) mass is 361 g/mol. The highest BCUT2D eigenvalue weighted by Gasteiger charge is 2.40. The highest BCUT2D eigenvalue weighted by atomic mass is 16.5. The van der Waals surface area contributed by atoms with E-state index in [9.17, 15) is 9.59 Å². The van der Waals surface area contributed by atoms with E-state index in [2.05, 4.69) is 10.2 Å². The number of hydrogen-bond donors (Lipinski definition) is 1. The molecule has 26 heavy (non-hydrogen) atoms. The summed E-state index contributed by atoms with van der Waals surface area (Å²) in [6.07, 6.45) is 0. The van der Waals surface area contributed by atoms with Gasteiger partial charge in [0.2, 0.25) is 11.8 Å². The Kier molecular flexibility index (Phi) is 6.51. The van der Waals surface area contributed by atoms with Crippen LogP contribution in [0.5, 0.6) is 5.75 Å². The van der Waals surface area contributed by atoms with Gasteiger partial charge in [0.15, 0.2) is 0 Å². The van der Waals surface area contributed by atoms with Crippen LogP contribution in [0.3, 0.4) is 0 Å². The molecule has 0 aromatic heterocycles. The van der Waals surface area contributed by atoms with E-state index in [1.165, 1.54) is 0 Å². The van der Waals surface area contributed by atoms with Crippen molar-refractivity contribution in [1.82, 2.24) is 10.2 Å². The summed E-state index contributed by atoms with van der Waals surface area (Å²) in [5, 5.41) is 2.88. The van der Waals surface area contributed by atoms with Crippen molar-refractivity contribution in [2.45, 2.75) is 27.7 Å². The number of hydrogen-bond acceptors (Lipinski definition) is 4. The summed E-state index contributed by atoms with van der Waals surface area (Å²) in [7, 11) is 1.66. The van der Waals surface area contributed by atoms with Gasteiger partial charge in [0.1, 0.15) is 11.2 Å². The highest BCUT2D eigenvalue weighted by Crippen LogP contribution is 2.29. The predicted molar refractivity (Wildman–Crippen MR) is 103 cm³/mol. The summed E-state index contributed by atoms with van der Waals surface area (Å²) >= 11 is 0. The third-order valence-electron chi connectivity index (χ3n) is 4.77. The lowest BCUT2D eigenvalue weighted by molar-refractivity contribution is -0.148. The van der Waals surface area contributed by atoms with E-state index in [0.717, 1.165) is 24.5 Å². The number of nitrogens with one attached hydrogen (secondary N) is 1. The fourth-order valence-electron chi connectivity index (χ4n) is 3.05. The standard InChI is InChI=1S/C20H31N3O3/c1-15(2)14-21-18(24)20(3,4)19(25)23-12-10-22(11-13-23)16-8-6-7-9-17(16)26-5/h6-9,15H,10-14H2,1-5H3,(H,21,24). The molecule has 6 heteroatoms. The molecule has 1 aromatic rings. The van der Waals surface area contributed by atoms with Gasteiger partial charge in [0.25, 0.3) is 0 Å². The van der Waals surface area contributed by atoms with E-state index < -0.39 is 5.41 Å². The van der Waals surface area contributed by atoms with Gasteiger partial charge < -0.3 is 19.9 Å². The summed E-state index contributed by atoms with van der Waals surface area (Å²) in [6, 6.07) is 7.90. The quantitative estimate of drug-likeness (QED) is 0.789. The topological polar surface area (TPSA) is 61.9 Å². The van der Waals surface area contributed by atoms with Crippen molar-refractivity contribution in [3.05, 3.63) is 24.3 Å². The summed E-state index contributed by atoms with van der Waals surface area (Å²) in [6.45, 7) is 10.7. The Labute approximate surface area is 156 Å². The van der Waals surface area contributed by atoms with Gasteiger partial charge in [-0.05, 0) is 31.9 Å². The Hall–Kier alpha value is -2.24. The Balaban J connectivity index is 1.98. The average molecular weight is 361 g/mol. The van der Waals surface area contributed by atoms with Gasteiger partial charge in [-0.25, -0.2) is 0 Å². The third-order valence-corrected chi connectivity index (χ3v) is 4.77. The molecule has 1 fully saturated rings. The zero-order valence-electron chi connectivity index (χ0n) is 16.5. The molecule has 1 aliphatic heterocycles. The first-order valence-electron chi connectivity index (χ1n) is 9.23. The van der Waals surface area contributed by atoms with Crippen molar-refractivity contribution in [2.24, 2.45) is 11.3 Å². The van der Waals surface area contributed by atoms with Crippen LogP contribution in [0.25, 0.3) is 0 Å². The Bertz CT molecular complexity index is 635. The molecule has 1 aromatic carbocycles. The molecule has 0 atom stereocenters. The van der Waals surface area contributed by atoms with Crippen LogP contribution in [0.2, 0.25) is 0 Å². The number of carbonyl (C=O) groups excluding carboxylic acids is 2. The first-order chi connectivity index (χ1) is 12.3. The van der Waals surface area contributed by atoms with Crippen LogP contribution in [0, 0.1) is 11.3 Å². The van der Waals surface area contributed by atoms with Crippen LogP contribution in [-0.2, 0) is 9.59 Å². The SMILES string of the molecule is COc1ccccc1N1CCN(C(=O)C(C)(C)C(=O)NCC(C)C)CC1. The van der Waals surface area contributed by atoms with Gasteiger partial charge in [-0.1, -0.05) is 26.0 Å². The van der Waals surface area contributed by atoms with Crippen LogP contribution in [-0.4, -0.2) is 56.5 Å². The molecule has 0 bridgehead atoms. The zero-order chi connectivity index (χ0) is 19.3. The minimum Gasteiger partial charge on any atom is -0.495 e. The minimum atomic E-state index is -1.05. The fourth-order valence-corrected chi connectivity index (χ4v) is 3.05. The Morgan fingerprint density at radius 1 is 1.15 bits per heavy atom. The number of anilines is 1. The summed E-state index contributed by atoms with van der Waals surface area (Å²) in [5.74, 6) is 0.872. The maximum atomic E-state index is 12.9. The van der Waals surface area contributed by atoms with Crippen LogP contribution < -0.4 is 15.0 Å². The van der Waals surface area contributed by atoms with Gasteiger partial charge in [-0.15, -0.1) is 0 Å². The largest absolute Gasteiger partial charge is 0.495 e. The van der Waals surface area contributed by atoms with Gasteiger partial charge in [0, 0.05) is 32.7 Å². The average Bonchev–Trinajstić information content (AvgIpc) is 2.65. The lowest BCUT2D eigenvalue weighted by atomic mass is 9.89. The number of methoxy groups -OCH3 is 1. The number of ether oxygens (including phenoxy) is 1. The molecule has 144 valence electrons. The lowest BCUT2D eigenvalue weighted by Gasteiger charge is -2.39. The van der Waals surface area contributed by atoms with Crippen molar-refractivity contribution in [3.8, 4) is 5.75 Å². The number of benzene rings is 1. The molecule has 0 radical (unpaired) electrons. The summed E-state index contributed by atoms with van der Waals surface area (Å²) in [5.41, 5.74) is -0.0161. The smallest absolute Gasteiger partial charge is 0.237 e. The number of piperazine rings is 1. The third kappa shape index (κ3) is 4.48. The van der Waals surface area contributed by atoms with E-state index in [-0.39, 0.29) is 11.8 Å². The highest BCUT2D eigenvalue weighted by molar-refractivity contribution is 6.04. The molecule has 1 saturated heterocycles. The second kappa shape index (κ2) is 8.43. The second-order valence-electron chi connectivity index (χ2n) is 7.68. The molecule has 6 nitrogen and oxygen atoms in total. The molecule has 0 saturated carbocycles. The molecule has 1 aliphatic rings. The van der Waals surface area contributed by atoms with Crippen molar-refractivity contribution in [2.75, 3.05) is 44.7 Å². The van der Waals surface area contributed by atoms with Crippen LogP contribution in [0.15, 0.2) is 24.3 Å². The van der Waals surface area contributed by atoms with Crippen LogP contribution >= 0.6 is 0 Å². The molecular weight excluding hydrogens is 330 g/mol. The van der Waals surface area contributed by atoms with E-state index >= 15 is 0 Å². The molecule has 2 rings (SSSR count). The number of para-hydroxylation sites is 2. The predicted octanol–water partition coefficient (Wildman–Crippen LogP) is 2.14. The maximum Gasteiger partial charge on any atom is 0.237 e. The van der Waals surface area contributed by atoms with Crippen LogP contribution in [0.1, 0.15) is 27.7 Å². The summed E-state index contributed by atoms with van der Waals surface area (Å²) in [4.78, 5) is 29.3. The fraction of sp³-hybridized carbons (Fsp3) is 0.600. The van der Waals surface area contributed by atoms with Crippen LogP contribution in [0.4, 0.5) is 5.69 Å². The second-order valence-corrected chi connectivity index (χ2v) is 7.68. The van der Waals surface area contributed by atoms with Crippen molar-refractivity contribution in [1.29, 1.82) is 0 Å². The number of carbonyl (C=O) groups is 2. The summed E-state index contributed by atoms with van der Waals surface area (Å²) < 4.78 is 5.43. The normalized spacial score (nSPS) is 15.2. The lowest BCUT2D eigenvalue weighted by Crippen LogP contribution is -2.55. The number of rotatable bonds is 6. The molecule has 2 amide bonds. The van der Waals surface area contributed by atoms with Crippen molar-refractivity contribution < 1.29 is 14.3 Å². The molecule has 1 N–H and O–H groups in total. The molecule has 0 aliphatic carbocycles. The van der Waals surface area contributed by atoms with E-state index in [4.69, 9.17) is 4.74 Å². The Morgan fingerprint density at radius 2 is 1.77 bits per heavy atom. The first-order valence-corrected chi connectivity index (χ1v) is 9.23. The van der Waals surface area contributed by atoms with Crippen molar-refractivity contribution in [3.63, 3.8) is 0 Å². The molecule has 0 spiro atoms. The van der Waals surface area contributed by atoms with Gasteiger partial charge in [-0.3, -0.25) is 9.59 Å². The van der Waals surface area contributed by atoms with E-state index in [1.807, 2.05) is 38.1 Å². The van der Waals surface area contributed by atoms with Gasteiger partial charge >= 0.3 is 0 Å². The zero-order valence-corrected chi connectivity index (χ0v) is 16.5.